The molecule has 1 saturated heterocycles. The van der Waals surface area contributed by atoms with E-state index >= 15 is 0 Å². The number of thiocarbonyl (C=S) groups is 1. The predicted molar refractivity (Wildman–Crippen MR) is 106 cm³/mol. The summed E-state index contributed by atoms with van der Waals surface area (Å²) < 4.78 is 18.5. The van der Waals surface area contributed by atoms with Gasteiger partial charge in [0.2, 0.25) is 0 Å². The molecule has 8 nitrogen and oxygen atoms in total. The number of nitro benzene ring substituents is 1. The molecule has 1 fully saturated rings. The molecule has 1 heterocycles. The van der Waals surface area contributed by atoms with Crippen molar-refractivity contribution in [3.05, 3.63) is 64.0 Å². The first-order valence-electron chi connectivity index (χ1n) is 8.43. The topological polar surface area (TPSA) is 96.7 Å². The van der Waals surface area contributed by atoms with Crippen molar-refractivity contribution < 1.29 is 18.8 Å². The lowest BCUT2D eigenvalue weighted by molar-refractivity contribution is -0.384. The van der Waals surface area contributed by atoms with E-state index in [9.17, 15) is 19.3 Å². The van der Waals surface area contributed by atoms with Crippen LogP contribution in [0, 0.1) is 15.9 Å². The van der Waals surface area contributed by atoms with Gasteiger partial charge in [0, 0.05) is 30.4 Å². The Morgan fingerprint density at radius 3 is 2.64 bits per heavy atom. The fraction of sp³-hybridized carbons (Fsp3) is 0.222. The van der Waals surface area contributed by atoms with Crippen LogP contribution in [0.5, 0.6) is 0 Å². The second kappa shape index (κ2) is 8.72. The summed E-state index contributed by atoms with van der Waals surface area (Å²) in [4.78, 5) is 25.0. The number of nitrogens with one attached hydrogen (secondary N) is 2. The van der Waals surface area contributed by atoms with Crippen LogP contribution in [0.15, 0.2) is 42.5 Å². The standard InChI is InChI=1S/C18H17FN4O4S/c19-13-3-1-2-12(10-13)17(24)21-18(28)20-14-4-5-15(16(11-14)23(25)26)22-6-8-27-9-7-22/h1-5,10-11H,6-9H2,(H2,20,21,24,28). The fourth-order valence-corrected chi connectivity index (χ4v) is 3.00. The Labute approximate surface area is 165 Å². The number of carbonyl (C=O) groups is 1. The van der Waals surface area contributed by atoms with Gasteiger partial charge in [-0.1, -0.05) is 6.07 Å². The van der Waals surface area contributed by atoms with Gasteiger partial charge in [-0.25, -0.2) is 4.39 Å². The van der Waals surface area contributed by atoms with Crippen LogP contribution >= 0.6 is 12.2 Å². The molecular formula is C18H17FN4O4S. The summed E-state index contributed by atoms with van der Waals surface area (Å²) in [7, 11) is 0. The number of benzene rings is 2. The number of morpholine rings is 1. The summed E-state index contributed by atoms with van der Waals surface area (Å²) in [6.07, 6.45) is 0. The van der Waals surface area contributed by atoms with Gasteiger partial charge in [0.05, 0.1) is 18.1 Å². The third kappa shape index (κ3) is 4.78. The van der Waals surface area contributed by atoms with Gasteiger partial charge in [-0.05, 0) is 42.5 Å². The van der Waals surface area contributed by atoms with Gasteiger partial charge in [-0.2, -0.15) is 0 Å². The van der Waals surface area contributed by atoms with Crippen molar-refractivity contribution in [3.8, 4) is 0 Å². The van der Waals surface area contributed by atoms with Crippen molar-refractivity contribution in [2.24, 2.45) is 0 Å². The number of nitro groups is 1. The largest absolute Gasteiger partial charge is 0.378 e. The smallest absolute Gasteiger partial charge is 0.294 e. The Bertz CT molecular complexity index is 918. The van der Waals surface area contributed by atoms with E-state index in [1.54, 1.807) is 12.1 Å². The van der Waals surface area contributed by atoms with Crippen molar-refractivity contribution in [1.29, 1.82) is 0 Å². The van der Waals surface area contributed by atoms with E-state index in [-0.39, 0.29) is 16.4 Å². The van der Waals surface area contributed by atoms with Crippen LogP contribution in [0.4, 0.5) is 21.5 Å². The van der Waals surface area contributed by atoms with E-state index < -0.39 is 16.6 Å². The highest BCUT2D eigenvalue weighted by Crippen LogP contribution is 2.31. The Kier molecular flexibility index (Phi) is 6.12. The molecule has 0 aromatic heterocycles. The first kappa shape index (κ1) is 19.6. The lowest BCUT2D eigenvalue weighted by Crippen LogP contribution is -2.36. The minimum absolute atomic E-state index is 0.0531. The van der Waals surface area contributed by atoms with Crippen LogP contribution in [0.3, 0.4) is 0 Å². The number of amides is 1. The number of ether oxygens (including phenoxy) is 1. The number of rotatable bonds is 4. The maximum Gasteiger partial charge on any atom is 0.294 e. The SMILES string of the molecule is O=C(NC(=S)Nc1ccc(N2CCOCC2)c([N+](=O)[O-])c1)c1cccc(F)c1. The van der Waals surface area contributed by atoms with Crippen LogP contribution in [0.1, 0.15) is 10.4 Å². The van der Waals surface area contributed by atoms with Crippen LogP contribution in [-0.4, -0.2) is 42.2 Å². The quantitative estimate of drug-likeness (QED) is 0.459. The predicted octanol–water partition coefficient (Wildman–Crippen LogP) is 2.70. The van der Waals surface area contributed by atoms with Crippen molar-refractivity contribution in [1.82, 2.24) is 5.32 Å². The van der Waals surface area contributed by atoms with Crippen LogP contribution in [0.25, 0.3) is 0 Å². The van der Waals surface area contributed by atoms with Gasteiger partial charge < -0.3 is 15.0 Å². The van der Waals surface area contributed by atoms with Gasteiger partial charge >= 0.3 is 0 Å². The van der Waals surface area contributed by atoms with Gasteiger partial charge in [-0.15, -0.1) is 0 Å². The highest BCUT2D eigenvalue weighted by atomic mass is 32.1. The normalized spacial score (nSPS) is 13.7. The number of halogens is 1. The zero-order valence-electron chi connectivity index (χ0n) is 14.7. The summed E-state index contributed by atoms with van der Waals surface area (Å²) in [6, 6.07) is 9.78. The van der Waals surface area contributed by atoms with Crippen molar-refractivity contribution in [3.63, 3.8) is 0 Å². The lowest BCUT2D eigenvalue weighted by atomic mass is 10.2. The molecule has 1 aliphatic heterocycles. The molecule has 146 valence electrons. The molecule has 0 spiro atoms. The summed E-state index contributed by atoms with van der Waals surface area (Å²) in [5.74, 6) is -1.13. The molecule has 1 aliphatic rings. The summed E-state index contributed by atoms with van der Waals surface area (Å²) in [5.41, 5.74) is 0.880. The molecule has 2 aromatic rings. The molecule has 0 unspecified atom stereocenters. The molecule has 0 bridgehead atoms. The number of carbonyl (C=O) groups excluding carboxylic acids is 1. The molecular weight excluding hydrogens is 387 g/mol. The van der Waals surface area contributed by atoms with Crippen LogP contribution in [-0.2, 0) is 4.74 Å². The second-order valence-electron chi connectivity index (χ2n) is 5.98. The van der Waals surface area contributed by atoms with E-state index in [0.717, 1.165) is 6.07 Å². The van der Waals surface area contributed by atoms with Crippen molar-refractivity contribution in [2.75, 3.05) is 36.5 Å². The Hall–Kier alpha value is -3.11. The number of hydrogen-bond acceptors (Lipinski definition) is 6. The van der Waals surface area contributed by atoms with E-state index in [4.69, 9.17) is 17.0 Å². The Morgan fingerprint density at radius 1 is 1.21 bits per heavy atom. The first-order valence-corrected chi connectivity index (χ1v) is 8.84. The van der Waals surface area contributed by atoms with E-state index in [0.29, 0.717) is 37.7 Å². The Morgan fingerprint density at radius 2 is 1.96 bits per heavy atom. The van der Waals surface area contributed by atoms with E-state index in [1.165, 1.54) is 24.3 Å². The molecule has 0 aliphatic carbocycles. The molecule has 2 aromatic carbocycles. The zero-order chi connectivity index (χ0) is 20.1. The molecule has 0 radical (unpaired) electrons. The number of anilines is 2. The summed E-state index contributed by atoms with van der Waals surface area (Å²) in [6.45, 7) is 2.14. The second-order valence-corrected chi connectivity index (χ2v) is 6.39. The maximum absolute atomic E-state index is 13.2. The summed E-state index contributed by atoms with van der Waals surface area (Å²) in [5, 5.41) is 16.6. The average molecular weight is 404 g/mol. The van der Waals surface area contributed by atoms with Crippen molar-refractivity contribution >= 4 is 40.3 Å². The van der Waals surface area contributed by atoms with Gasteiger partial charge in [0.1, 0.15) is 11.5 Å². The fourth-order valence-electron chi connectivity index (χ4n) is 2.79. The highest BCUT2D eigenvalue weighted by molar-refractivity contribution is 7.80. The van der Waals surface area contributed by atoms with Gasteiger partial charge in [0.25, 0.3) is 11.6 Å². The van der Waals surface area contributed by atoms with Crippen LogP contribution in [0.2, 0.25) is 0 Å². The lowest BCUT2D eigenvalue weighted by Gasteiger charge is -2.28. The molecule has 1 amide bonds. The monoisotopic (exact) mass is 404 g/mol. The van der Waals surface area contributed by atoms with Gasteiger partial charge in [-0.3, -0.25) is 20.2 Å². The third-order valence-corrected chi connectivity index (χ3v) is 4.30. The molecule has 2 N–H and O–H groups in total. The number of nitrogens with zero attached hydrogens (tertiary/aromatic N) is 2. The highest BCUT2D eigenvalue weighted by Gasteiger charge is 2.22. The minimum atomic E-state index is -0.587. The molecule has 0 saturated carbocycles. The Balaban J connectivity index is 1.71. The average Bonchev–Trinajstić information content (AvgIpc) is 2.68. The summed E-state index contributed by atoms with van der Waals surface area (Å²) >= 11 is 5.08. The van der Waals surface area contributed by atoms with Gasteiger partial charge in [0.15, 0.2) is 5.11 Å². The molecule has 0 atom stereocenters. The van der Waals surface area contributed by atoms with E-state index in [2.05, 4.69) is 10.6 Å². The van der Waals surface area contributed by atoms with Crippen LogP contribution < -0.4 is 15.5 Å². The first-order chi connectivity index (χ1) is 13.4. The third-order valence-electron chi connectivity index (χ3n) is 4.10. The maximum atomic E-state index is 13.2. The number of hydrogen-bond donors (Lipinski definition) is 2. The molecule has 10 heteroatoms. The zero-order valence-corrected chi connectivity index (χ0v) is 15.5. The molecule has 28 heavy (non-hydrogen) atoms. The molecule has 3 rings (SSSR count). The van der Waals surface area contributed by atoms with E-state index in [1.807, 2.05) is 4.90 Å². The van der Waals surface area contributed by atoms with Crippen molar-refractivity contribution in [2.45, 2.75) is 0 Å². The minimum Gasteiger partial charge on any atom is -0.378 e.